The molecule has 0 saturated heterocycles. The fourth-order valence-corrected chi connectivity index (χ4v) is 6.80. The number of para-hydroxylation sites is 1. The summed E-state index contributed by atoms with van der Waals surface area (Å²) in [5, 5.41) is 10.5. The van der Waals surface area contributed by atoms with Crippen molar-refractivity contribution in [2.24, 2.45) is 0 Å². The average molecular weight is 699 g/mol. The maximum Gasteiger partial charge on any atom is 0.272 e. The lowest BCUT2D eigenvalue weighted by Gasteiger charge is -2.15. The van der Waals surface area contributed by atoms with E-state index in [4.69, 9.17) is 9.47 Å². The summed E-state index contributed by atoms with van der Waals surface area (Å²) in [6.45, 7) is 4.81. The molecule has 9 nitrogen and oxygen atoms in total. The van der Waals surface area contributed by atoms with Crippen molar-refractivity contribution < 1.29 is 23.9 Å². The van der Waals surface area contributed by atoms with Crippen molar-refractivity contribution in [1.82, 2.24) is 9.88 Å². The summed E-state index contributed by atoms with van der Waals surface area (Å²) in [7, 11) is 3.07. The molecule has 10 heteroatoms. The first kappa shape index (κ1) is 34.8. The van der Waals surface area contributed by atoms with Gasteiger partial charge in [0.2, 0.25) is 5.91 Å². The summed E-state index contributed by atoms with van der Waals surface area (Å²) < 4.78 is 13.1. The van der Waals surface area contributed by atoms with Crippen LogP contribution >= 0.6 is 11.8 Å². The molecule has 0 saturated carbocycles. The molecule has 258 valence electrons. The van der Waals surface area contributed by atoms with E-state index in [1.807, 2.05) is 49.4 Å². The van der Waals surface area contributed by atoms with Gasteiger partial charge in [-0.1, -0.05) is 42.5 Å². The predicted octanol–water partition coefficient (Wildman–Crippen LogP) is 8.36. The molecule has 0 spiro atoms. The Balaban J connectivity index is 1.18. The van der Waals surface area contributed by atoms with Crippen LogP contribution in [0.5, 0.6) is 11.5 Å². The van der Waals surface area contributed by atoms with Crippen LogP contribution in [0.2, 0.25) is 0 Å². The van der Waals surface area contributed by atoms with Crippen molar-refractivity contribution in [3.05, 3.63) is 132 Å². The molecule has 3 N–H and O–H groups in total. The van der Waals surface area contributed by atoms with Gasteiger partial charge in [0, 0.05) is 55.7 Å². The summed E-state index contributed by atoms with van der Waals surface area (Å²) in [4.78, 5) is 41.0. The quantitative estimate of drug-likeness (QED) is 0.0876. The Labute approximate surface area is 300 Å². The molecule has 0 radical (unpaired) electrons. The number of ether oxygens (including phenoxy) is 2. The van der Waals surface area contributed by atoms with Gasteiger partial charge in [-0.05, 0) is 92.7 Å². The van der Waals surface area contributed by atoms with E-state index in [0.29, 0.717) is 28.3 Å². The highest BCUT2D eigenvalue weighted by atomic mass is 32.2. The second kappa shape index (κ2) is 15.7. The Hall–Kier alpha value is -6.00. The number of nitrogens with one attached hydrogen (secondary N) is 3. The molecule has 1 atom stereocenters. The minimum Gasteiger partial charge on any atom is -0.497 e. The second-order valence-electron chi connectivity index (χ2n) is 11.7. The maximum absolute atomic E-state index is 13.7. The minimum atomic E-state index is -0.545. The fourth-order valence-electron chi connectivity index (χ4n) is 5.87. The molecule has 6 aromatic rings. The van der Waals surface area contributed by atoms with E-state index in [1.54, 1.807) is 73.8 Å². The van der Waals surface area contributed by atoms with Crippen LogP contribution in [-0.4, -0.2) is 41.8 Å². The molecule has 1 heterocycles. The molecule has 3 amide bonds. The van der Waals surface area contributed by atoms with Crippen molar-refractivity contribution in [1.29, 1.82) is 0 Å². The van der Waals surface area contributed by atoms with Gasteiger partial charge in [-0.25, -0.2) is 0 Å². The Morgan fingerprint density at radius 3 is 2.27 bits per heavy atom. The average Bonchev–Trinajstić information content (AvgIpc) is 3.47. The SMILES string of the molecule is CCn1c2ccccc2c2cc(NC(=O)C(C)Sc3cccc(NC(=O)/C(=C\c4cc(OC)ccc4OC)NC(=O)c4ccccc4)c3)ccc21. The van der Waals surface area contributed by atoms with Gasteiger partial charge in [-0.3, -0.25) is 14.4 Å². The molecule has 0 fully saturated rings. The number of methoxy groups -OCH3 is 2. The smallest absolute Gasteiger partial charge is 0.272 e. The zero-order chi connectivity index (χ0) is 35.9. The van der Waals surface area contributed by atoms with Gasteiger partial charge in [0.05, 0.1) is 19.5 Å². The Kier molecular flexibility index (Phi) is 10.7. The van der Waals surface area contributed by atoms with Gasteiger partial charge in [-0.2, -0.15) is 0 Å². The normalized spacial score (nSPS) is 12.0. The third kappa shape index (κ3) is 7.92. The van der Waals surface area contributed by atoms with E-state index in [9.17, 15) is 14.4 Å². The molecule has 1 aromatic heterocycles. The Morgan fingerprint density at radius 2 is 1.51 bits per heavy atom. The number of hydrogen-bond acceptors (Lipinski definition) is 6. The lowest BCUT2D eigenvalue weighted by Crippen LogP contribution is -2.30. The summed E-state index contributed by atoms with van der Waals surface area (Å²) in [5.41, 5.74) is 4.44. The van der Waals surface area contributed by atoms with Gasteiger partial charge in [0.25, 0.3) is 11.8 Å². The number of benzene rings is 5. The molecule has 51 heavy (non-hydrogen) atoms. The van der Waals surface area contributed by atoms with Gasteiger partial charge in [0.1, 0.15) is 17.2 Å². The van der Waals surface area contributed by atoms with Crippen LogP contribution in [0, 0.1) is 0 Å². The van der Waals surface area contributed by atoms with Crippen LogP contribution in [0.4, 0.5) is 11.4 Å². The van der Waals surface area contributed by atoms with Crippen molar-refractivity contribution in [2.45, 2.75) is 30.5 Å². The van der Waals surface area contributed by atoms with Crippen LogP contribution in [0.15, 0.2) is 126 Å². The second-order valence-corrected chi connectivity index (χ2v) is 13.1. The lowest BCUT2D eigenvalue weighted by atomic mass is 10.1. The monoisotopic (exact) mass is 698 g/mol. The number of aryl methyl sites for hydroxylation is 1. The Morgan fingerprint density at radius 1 is 0.765 bits per heavy atom. The number of carbonyl (C=O) groups excluding carboxylic acids is 3. The van der Waals surface area contributed by atoms with E-state index in [1.165, 1.54) is 18.9 Å². The molecule has 0 aliphatic heterocycles. The van der Waals surface area contributed by atoms with Crippen molar-refractivity contribution >= 4 is 68.7 Å². The third-order valence-corrected chi connectivity index (χ3v) is 9.49. The number of fused-ring (bicyclic) bond motifs is 3. The summed E-state index contributed by atoms with van der Waals surface area (Å²) in [6, 6.07) is 35.3. The summed E-state index contributed by atoms with van der Waals surface area (Å²) in [6.07, 6.45) is 1.54. The minimum absolute atomic E-state index is 0.000218. The van der Waals surface area contributed by atoms with Crippen LogP contribution in [0.3, 0.4) is 0 Å². The number of nitrogens with zero attached hydrogens (tertiary/aromatic N) is 1. The maximum atomic E-state index is 13.7. The molecule has 5 aromatic carbocycles. The highest BCUT2D eigenvalue weighted by molar-refractivity contribution is 8.00. The molecule has 0 aliphatic carbocycles. The van der Waals surface area contributed by atoms with Gasteiger partial charge < -0.3 is 30.0 Å². The van der Waals surface area contributed by atoms with Crippen LogP contribution in [0.25, 0.3) is 27.9 Å². The van der Waals surface area contributed by atoms with E-state index < -0.39 is 17.1 Å². The molecular formula is C41H38N4O5S. The number of hydrogen-bond donors (Lipinski definition) is 3. The number of aromatic nitrogens is 1. The first-order valence-corrected chi connectivity index (χ1v) is 17.4. The zero-order valence-corrected chi connectivity index (χ0v) is 29.5. The van der Waals surface area contributed by atoms with Crippen molar-refractivity contribution in [2.75, 3.05) is 24.9 Å². The zero-order valence-electron chi connectivity index (χ0n) is 28.7. The van der Waals surface area contributed by atoms with Gasteiger partial charge in [0.15, 0.2) is 0 Å². The molecule has 0 bridgehead atoms. The van der Waals surface area contributed by atoms with E-state index in [0.717, 1.165) is 38.9 Å². The first-order valence-electron chi connectivity index (χ1n) is 16.5. The highest BCUT2D eigenvalue weighted by Crippen LogP contribution is 2.32. The highest BCUT2D eigenvalue weighted by Gasteiger charge is 2.19. The van der Waals surface area contributed by atoms with E-state index in [2.05, 4.69) is 39.6 Å². The first-order chi connectivity index (χ1) is 24.8. The number of amides is 3. The van der Waals surface area contributed by atoms with Crippen LogP contribution in [0.1, 0.15) is 29.8 Å². The van der Waals surface area contributed by atoms with Gasteiger partial charge >= 0.3 is 0 Å². The molecule has 6 rings (SSSR count). The molecule has 0 aliphatic rings. The summed E-state index contributed by atoms with van der Waals surface area (Å²) in [5.74, 6) is -0.0821. The fraction of sp³-hybridized carbons (Fsp3) is 0.146. The van der Waals surface area contributed by atoms with Crippen molar-refractivity contribution in [3.8, 4) is 11.5 Å². The summed E-state index contributed by atoms with van der Waals surface area (Å²) >= 11 is 1.37. The predicted molar refractivity (Wildman–Crippen MR) is 206 cm³/mol. The van der Waals surface area contributed by atoms with Gasteiger partial charge in [-0.15, -0.1) is 11.8 Å². The number of carbonyl (C=O) groups is 3. The number of thioether (sulfide) groups is 1. The molecule has 1 unspecified atom stereocenters. The Bertz CT molecular complexity index is 2260. The standard InChI is InChI=1S/C41H38N4O5S/c1-5-45-36-17-10-9-16-33(36)34-25-30(18-20-37(34)45)42-39(46)26(2)51-32-15-11-14-29(24-32)43-41(48)35(44-40(47)27-12-7-6-8-13-27)23-28-22-31(49-3)19-21-38(28)50-4/h6-26H,5H2,1-4H3,(H,42,46)(H,43,48)(H,44,47)/b35-23+. The lowest BCUT2D eigenvalue weighted by molar-refractivity contribution is -0.115. The largest absolute Gasteiger partial charge is 0.497 e. The van der Waals surface area contributed by atoms with Crippen LogP contribution < -0.4 is 25.4 Å². The van der Waals surface area contributed by atoms with E-state index in [-0.39, 0.29) is 11.6 Å². The number of rotatable bonds is 12. The van der Waals surface area contributed by atoms with Crippen LogP contribution in [-0.2, 0) is 16.1 Å². The van der Waals surface area contributed by atoms with Crippen molar-refractivity contribution in [3.63, 3.8) is 0 Å². The third-order valence-electron chi connectivity index (χ3n) is 8.40. The van der Waals surface area contributed by atoms with E-state index >= 15 is 0 Å². The topological polar surface area (TPSA) is 111 Å². The molecular weight excluding hydrogens is 661 g/mol. The number of anilines is 2.